The maximum atomic E-state index is 13.3. The van der Waals surface area contributed by atoms with Crippen LogP contribution in [0.15, 0.2) is 120 Å². The number of benzene rings is 4. The van der Waals surface area contributed by atoms with Crippen molar-refractivity contribution in [1.29, 1.82) is 0 Å². The second-order valence-electron chi connectivity index (χ2n) is 17.6. The van der Waals surface area contributed by atoms with Gasteiger partial charge in [0, 0.05) is 47.2 Å². The lowest BCUT2D eigenvalue weighted by Crippen LogP contribution is -2.25. The minimum atomic E-state index is -0.199. The number of Topliss-reactive ketones (excluding diaryl/α,β-unsaturated/α-hetero) is 4. The van der Waals surface area contributed by atoms with Gasteiger partial charge in [0.15, 0.2) is 23.1 Å². The molecule has 4 aromatic carbocycles. The summed E-state index contributed by atoms with van der Waals surface area (Å²) in [5.74, 6) is -0.796. The summed E-state index contributed by atoms with van der Waals surface area (Å²) in [5, 5.41) is 0. The van der Waals surface area contributed by atoms with Gasteiger partial charge in [-0.3, -0.25) is 19.2 Å². The van der Waals surface area contributed by atoms with Crippen molar-refractivity contribution >= 4 is 58.0 Å². The summed E-state index contributed by atoms with van der Waals surface area (Å²) in [6, 6.07) is 36.6. The Labute approximate surface area is 379 Å². The van der Waals surface area contributed by atoms with Crippen molar-refractivity contribution in [3.05, 3.63) is 163 Å². The maximum Gasteiger partial charge on any atom is 0.197 e. The van der Waals surface area contributed by atoms with E-state index < -0.39 is 0 Å². The van der Waals surface area contributed by atoms with Gasteiger partial charge in [-0.1, -0.05) is 164 Å². The second kappa shape index (κ2) is 18.7. The molecule has 0 atom stereocenters. The Morgan fingerprint density at radius 3 is 1.16 bits per heavy atom. The molecule has 0 fully saturated rings. The largest absolute Gasteiger partial charge is 0.288 e. The van der Waals surface area contributed by atoms with Crippen LogP contribution >= 0.6 is 22.7 Å². The number of rotatable bonds is 18. The first-order chi connectivity index (χ1) is 30.8. The summed E-state index contributed by atoms with van der Waals surface area (Å²) in [6.07, 6.45) is 20.6. The quantitative estimate of drug-likeness (QED) is 0.0490. The first-order valence-corrected chi connectivity index (χ1v) is 24.7. The maximum absolute atomic E-state index is 13.3. The Morgan fingerprint density at radius 1 is 0.413 bits per heavy atom. The van der Waals surface area contributed by atoms with Crippen LogP contribution in [0.1, 0.15) is 166 Å². The minimum Gasteiger partial charge on any atom is -0.288 e. The molecular weight excluding hydrogens is 813 g/mol. The number of hydrogen-bond donors (Lipinski definition) is 0. The molecule has 318 valence electrons. The van der Waals surface area contributed by atoms with Gasteiger partial charge in [-0.15, -0.1) is 22.7 Å². The summed E-state index contributed by atoms with van der Waals surface area (Å²) in [7, 11) is 0. The van der Waals surface area contributed by atoms with E-state index >= 15 is 0 Å². The van der Waals surface area contributed by atoms with Gasteiger partial charge in [0.05, 0.1) is 11.1 Å². The summed E-state index contributed by atoms with van der Waals surface area (Å²) < 4.78 is 0. The molecular formula is C57H54O4S2. The number of carbonyl (C=O) groups is 4. The van der Waals surface area contributed by atoms with Crippen LogP contribution in [0.2, 0.25) is 0 Å². The average Bonchev–Trinajstić information content (AvgIpc) is 4.13. The molecule has 3 aliphatic rings. The van der Waals surface area contributed by atoms with E-state index in [2.05, 4.69) is 62.4 Å². The zero-order chi connectivity index (χ0) is 43.5. The lowest BCUT2D eigenvalue weighted by Gasteiger charge is -2.33. The van der Waals surface area contributed by atoms with Gasteiger partial charge in [-0.25, -0.2) is 0 Å². The molecule has 0 saturated carbocycles. The standard InChI is InChI=1S/C57H54O4S2/c1-3-5-7-9-11-17-31-57(32-18-12-10-8-6-4-2)49-33-37(51-29-25-39(62-51)35-47-53(58)43-19-13-14-20-44(43)54(47)59)23-27-41(49)42-28-24-38(34-50(42)57)52-30-26-40(63-52)36-48-55(60)45-21-15-16-22-46(45)56(48)61/h13-16,19-30,33-36H,3-12,17-18,31-32H2,1-2H3. The van der Waals surface area contributed by atoms with Crippen molar-refractivity contribution in [3.8, 4) is 32.0 Å². The van der Waals surface area contributed by atoms with E-state index in [4.69, 9.17) is 0 Å². The van der Waals surface area contributed by atoms with E-state index in [0.29, 0.717) is 22.3 Å². The van der Waals surface area contributed by atoms with E-state index in [0.717, 1.165) is 56.3 Å². The number of carbonyl (C=O) groups excluding carboxylic acids is 4. The van der Waals surface area contributed by atoms with Crippen LogP contribution in [0.3, 0.4) is 0 Å². The molecule has 3 aliphatic carbocycles. The number of thiophene rings is 2. The zero-order valence-corrected chi connectivity index (χ0v) is 38.0. The van der Waals surface area contributed by atoms with E-state index in [1.807, 2.05) is 36.4 Å². The van der Waals surface area contributed by atoms with Gasteiger partial charge in [-0.2, -0.15) is 0 Å². The molecule has 2 aromatic heterocycles. The number of unbranched alkanes of at least 4 members (excludes halogenated alkanes) is 10. The van der Waals surface area contributed by atoms with Crippen LogP contribution in [0, 0.1) is 0 Å². The molecule has 0 unspecified atom stereocenters. The van der Waals surface area contributed by atoms with Crippen molar-refractivity contribution in [2.45, 2.75) is 109 Å². The molecule has 0 radical (unpaired) electrons. The van der Waals surface area contributed by atoms with Crippen molar-refractivity contribution < 1.29 is 19.2 Å². The molecule has 4 nitrogen and oxygen atoms in total. The highest BCUT2D eigenvalue weighted by molar-refractivity contribution is 7.16. The fourth-order valence-corrected chi connectivity index (χ4v) is 12.0. The first kappa shape index (κ1) is 42.7. The summed E-state index contributed by atoms with van der Waals surface area (Å²) in [4.78, 5) is 57.0. The molecule has 0 spiro atoms. The fourth-order valence-electron chi connectivity index (χ4n) is 10.1. The molecule has 0 saturated heterocycles. The number of ketones is 4. The van der Waals surface area contributed by atoms with E-state index in [1.54, 1.807) is 59.1 Å². The third-order valence-corrected chi connectivity index (χ3v) is 15.6. The van der Waals surface area contributed by atoms with Crippen LogP contribution in [0.25, 0.3) is 44.2 Å². The van der Waals surface area contributed by atoms with Crippen molar-refractivity contribution in [3.63, 3.8) is 0 Å². The van der Waals surface area contributed by atoms with Crippen molar-refractivity contribution in [1.82, 2.24) is 0 Å². The van der Waals surface area contributed by atoms with Gasteiger partial charge in [0.1, 0.15) is 0 Å². The molecule has 0 N–H and O–H groups in total. The highest BCUT2D eigenvalue weighted by atomic mass is 32.1. The number of allylic oxidation sites excluding steroid dienone is 2. The van der Waals surface area contributed by atoms with Gasteiger partial charge < -0.3 is 0 Å². The second-order valence-corrected chi connectivity index (χ2v) is 19.8. The Morgan fingerprint density at radius 2 is 0.778 bits per heavy atom. The third kappa shape index (κ3) is 8.24. The Bertz CT molecular complexity index is 2540. The predicted molar refractivity (Wildman–Crippen MR) is 261 cm³/mol. The van der Waals surface area contributed by atoms with Crippen molar-refractivity contribution in [2.75, 3.05) is 0 Å². The summed E-state index contributed by atoms with van der Waals surface area (Å²) >= 11 is 3.25. The highest BCUT2D eigenvalue weighted by Gasteiger charge is 2.43. The average molecular weight is 867 g/mol. The Balaban J connectivity index is 1.07. The first-order valence-electron chi connectivity index (χ1n) is 23.1. The number of hydrogen-bond acceptors (Lipinski definition) is 6. The lowest BCUT2D eigenvalue weighted by atomic mass is 9.70. The van der Waals surface area contributed by atoms with Crippen LogP contribution in [-0.4, -0.2) is 23.1 Å². The van der Waals surface area contributed by atoms with E-state index in [-0.39, 0.29) is 39.7 Å². The number of fused-ring (bicyclic) bond motifs is 5. The summed E-state index contributed by atoms with van der Waals surface area (Å²) in [5.41, 5.74) is 10.0. The normalized spacial score (nSPS) is 14.6. The predicted octanol–water partition coefficient (Wildman–Crippen LogP) is 15.8. The zero-order valence-electron chi connectivity index (χ0n) is 36.4. The summed E-state index contributed by atoms with van der Waals surface area (Å²) in [6.45, 7) is 4.55. The van der Waals surface area contributed by atoms with Crippen LogP contribution in [0.4, 0.5) is 0 Å². The highest BCUT2D eigenvalue weighted by Crippen LogP contribution is 2.56. The minimum absolute atomic E-state index is 0.154. The lowest BCUT2D eigenvalue weighted by molar-refractivity contribution is 0.0975. The molecule has 63 heavy (non-hydrogen) atoms. The molecule has 9 rings (SSSR count). The van der Waals surface area contributed by atoms with E-state index in [1.165, 1.54) is 86.5 Å². The Hall–Kier alpha value is -5.56. The Kier molecular flexibility index (Phi) is 12.6. The van der Waals surface area contributed by atoms with Crippen molar-refractivity contribution in [2.24, 2.45) is 0 Å². The van der Waals surface area contributed by atoms with Gasteiger partial charge in [-0.05, 0) is 94.8 Å². The van der Waals surface area contributed by atoms with Crippen LogP contribution < -0.4 is 0 Å². The van der Waals surface area contributed by atoms with Gasteiger partial charge in [0.2, 0.25) is 0 Å². The van der Waals surface area contributed by atoms with Gasteiger partial charge >= 0.3 is 0 Å². The molecule has 2 heterocycles. The molecule has 0 bridgehead atoms. The fraction of sp³-hybridized carbons (Fsp3) is 0.298. The van der Waals surface area contributed by atoms with E-state index in [9.17, 15) is 19.2 Å². The van der Waals surface area contributed by atoms with Crippen LogP contribution in [-0.2, 0) is 5.41 Å². The molecule has 0 aliphatic heterocycles. The smallest absolute Gasteiger partial charge is 0.197 e. The molecule has 0 amide bonds. The third-order valence-electron chi connectivity index (χ3n) is 13.5. The molecule has 6 aromatic rings. The SMILES string of the molecule is CCCCCCCCC1(CCCCCCCC)c2cc(-c3ccc(C=C4C(=O)c5ccccc5C4=O)s3)ccc2-c2ccc(-c3ccc(C=C4C(=O)c5ccccc5C4=O)s3)cc21. The molecule has 6 heteroatoms. The monoisotopic (exact) mass is 866 g/mol. The van der Waals surface area contributed by atoms with Gasteiger partial charge in [0.25, 0.3) is 0 Å². The topological polar surface area (TPSA) is 68.3 Å². The van der Waals surface area contributed by atoms with Crippen LogP contribution in [0.5, 0.6) is 0 Å².